The highest BCUT2D eigenvalue weighted by Gasteiger charge is 2.51. The lowest BCUT2D eigenvalue weighted by Gasteiger charge is -2.30. The summed E-state index contributed by atoms with van der Waals surface area (Å²) < 4.78 is 8.64. The van der Waals surface area contributed by atoms with E-state index in [2.05, 4.69) is 144 Å². The van der Waals surface area contributed by atoms with Gasteiger partial charge in [0.15, 0.2) is 0 Å². The smallest absolute Gasteiger partial charge is 0.135 e. The van der Waals surface area contributed by atoms with Gasteiger partial charge >= 0.3 is 0 Å². The molecule has 0 amide bonds. The van der Waals surface area contributed by atoms with Crippen molar-refractivity contribution in [1.82, 2.24) is 4.57 Å². The van der Waals surface area contributed by atoms with Crippen LogP contribution < -0.4 is 0 Å². The second kappa shape index (κ2) is 8.19. The molecule has 2 aromatic heterocycles. The minimum Gasteiger partial charge on any atom is -0.456 e. The molecule has 9 aromatic rings. The van der Waals surface area contributed by atoms with E-state index in [-0.39, 0.29) is 5.41 Å². The van der Waals surface area contributed by atoms with Gasteiger partial charge in [-0.2, -0.15) is 0 Å². The number of para-hydroxylation sites is 2. The molecule has 2 nitrogen and oxygen atoms in total. The lowest BCUT2D eigenvalue weighted by molar-refractivity contribution is 0.669. The van der Waals surface area contributed by atoms with Gasteiger partial charge in [-0.1, -0.05) is 109 Å². The van der Waals surface area contributed by atoms with Crippen molar-refractivity contribution in [3.8, 4) is 27.9 Å². The largest absolute Gasteiger partial charge is 0.456 e. The van der Waals surface area contributed by atoms with Crippen molar-refractivity contribution < 1.29 is 4.42 Å². The first-order chi connectivity index (χ1) is 22.3. The molecule has 1 spiro atoms. The van der Waals surface area contributed by atoms with Gasteiger partial charge in [-0.3, -0.25) is 0 Å². The van der Waals surface area contributed by atoms with Crippen LogP contribution in [0.1, 0.15) is 22.3 Å². The van der Waals surface area contributed by atoms with Gasteiger partial charge in [-0.15, -0.1) is 0 Å². The van der Waals surface area contributed by atoms with Gasteiger partial charge < -0.3 is 8.98 Å². The van der Waals surface area contributed by atoms with Crippen molar-refractivity contribution in [2.45, 2.75) is 5.41 Å². The highest BCUT2D eigenvalue weighted by molar-refractivity contribution is 6.13. The van der Waals surface area contributed by atoms with Crippen LogP contribution in [0.5, 0.6) is 0 Å². The third-order valence-electron chi connectivity index (χ3n) is 10.4. The van der Waals surface area contributed by atoms with Crippen LogP contribution in [-0.2, 0) is 5.41 Å². The van der Waals surface area contributed by atoms with Crippen LogP contribution in [0.25, 0.3) is 71.7 Å². The highest BCUT2D eigenvalue weighted by Crippen LogP contribution is 2.63. The third-order valence-corrected chi connectivity index (χ3v) is 10.4. The van der Waals surface area contributed by atoms with Crippen LogP contribution >= 0.6 is 0 Å². The molecule has 0 bridgehead atoms. The zero-order valence-electron chi connectivity index (χ0n) is 24.3. The monoisotopic (exact) mass is 571 g/mol. The van der Waals surface area contributed by atoms with E-state index < -0.39 is 0 Å². The van der Waals surface area contributed by atoms with Crippen LogP contribution in [0.4, 0.5) is 0 Å². The Morgan fingerprint density at radius 1 is 0.378 bits per heavy atom. The summed E-state index contributed by atoms with van der Waals surface area (Å²) in [6.07, 6.45) is 0. The number of rotatable bonds is 1. The van der Waals surface area contributed by atoms with E-state index in [9.17, 15) is 0 Å². The number of hydrogen-bond acceptors (Lipinski definition) is 1. The van der Waals surface area contributed by atoms with Gasteiger partial charge in [0.05, 0.1) is 16.4 Å². The maximum Gasteiger partial charge on any atom is 0.135 e. The number of fused-ring (bicyclic) bond motifs is 16. The van der Waals surface area contributed by atoms with E-state index >= 15 is 0 Å². The summed E-state index contributed by atoms with van der Waals surface area (Å²) in [5, 5.41) is 4.82. The molecule has 0 atom stereocenters. The van der Waals surface area contributed by atoms with Gasteiger partial charge in [0, 0.05) is 27.2 Å². The number of furan rings is 1. The third kappa shape index (κ3) is 2.77. The van der Waals surface area contributed by atoms with Crippen molar-refractivity contribution in [2.24, 2.45) is 0 Å². The molecule has 45 heavy (non-hydrogen) atoms. The number of benzene rings is 7. The fraction of sp³-hybridized carbons (Fsp3) is 0.0233. The zero-order valence-corrected chi connectivity index (χ0v) is 24.3. The van der Waals surface area contributed by atoms with E-state index in [1.165, 1.54) is 66.3 Å². The molecule has 2 aliphatic carbocycles. The molecule has 11 rings (SSSR count). The Morgan fingerprint density at radius 3 is 1.69 bits per heavy atom. The van der Waals surface area contributed by atoms with Crippen molar-refractivity contribution in [3.05, 3.63) is 174 Å². The van der Waals surface area contributed by atoms with Crippen LogP contribution in [0.3, 0.4) is 0 Å². The summed E-state index contributed by atoms with van der Waals surface area (Å²) >= 11 is 0. The summed E-state index contributed by atoms with van der Waals surface area (Å²) in [7, 11) is 0. The fourth-order valence-electron chi connectivity index (χ4n) is 8.69. The maximum absolute atomic E-state index is 6.20. The van der Waals surface area contributed by atoms with E-state index in [1.54, 1.807) is 0 Å². The summed E-state index contributed by atoms with van der Waals surface area (Å²) in [6.45, 7) is 0. The molecule has 0 radical (unpaired) electrons. The molecule has 0 fully saturated rings. The zero-order chi connectivity index (χ0) is 29.3. The summed E-state index contributed by atoms with van der Waals surface area (Å²) in [5.41, 5.74) is 15.8. The van der Waals surface area contributed by atoms with E-state index in [1.807, 2.05) is 12.1 Å². The quantitative estimate of drug-likeness (QED) is 0.192. The van der Waals surface area contributed by atoms with E-state index in [4.69, 9.17) is 4.42 Å². The summed E-state index contributed by atoms with van der Waals surface area (Å²) in [5.74, 6) is 0. The molecule has 0 saturated heterocycles. The molecule has 0 unspecified atom stereocenters. The molecule has 0 aliphatic heterocycles. The Bertz CT molecular complexity index is 2670. The van der Waals surface area contributed by atoms with Crippen LogP contribution in [0, 0.1) is 0 Å². The molecule has 0 saturated carbocycles. The average molecular weight is 572 g/mol. The lowest BCUT2D eigenvalue weighted by Crippen LogP contribution is -2.25. The first kappa shape index (κ1) is 23.6. The predicted molar refractivity (Wildman–Crippen MR) is 184 cm³/mol. The molecular weight excluding hydrogens is 546 g/mol. The second-order valence-electron chi connectivity index (χ2n) is 12.4. The summed E-state index contributed by atoms with van der Waals surface area (Å²) in [4.78, 5) is 0. The molecule has 0 N–H and O–H groups in total. The maximum atomic E-state index is 6.20. The van der Waals surface area contributed by atoms with Crippen LogP contribution in [0.15, 0.2) is 156 Å². The van der Waals surface area contributed by atoms with Gasteiger partial charge in [-0.25, -0.2) is 0 Å². The second-order valence-corrected chi connectivity index (χ2v) is 12.4. The molecule has 7 aromatic carbocycles. The Morgan fingerprint density at radius 2 is 0.956 bits per heavy atom. The molecule has 2 heteroatoms. The van der Waals surface area contributed by atoms with Crippen LogP contribution in [0.2, 0.25) is 0 Å². The van der Waals surface area contributed by atoms with Crippen molar-refractivity contribution >= 4 is 43.7 Å². The number of nitrogens with zero attached hydrogens (tertiary/aromatic N) is 1. The van der Waals surface area contributed by atoms with Gasteiger partial charge in [-0.05, 0) is 87.0 Å². The normalized spacial score (nSPS) is 14.0. The first-order valence-electron chi connectivity index (χ1n) is 15.6. The Balaban J connectivity index is 1.28. The molecular formula is C43H25NO. The molecule has 208 valence electrons. The van der Waals surface area contributed by atoms with Crippen molar-refractivity contribution in [3.63, 3.8) is 0 Å². The Kier molecular flexibility index (Phi) is 4.29. The average Bonchev–Trinajstić information content (AvgIpc) is 3.81. The SMILES string of the molecule is c1ccc2c(c1)-c1ccccc1C21c2ccccc2-c2cc3c(cc21)c1ccccc1n3-c1ccc2oc3ccccc3c2c1. The first-order valence-corrected chi connectivity index (χ1v) is 15.6. The van der Waals surface area contributed by atoms with Crippen molar-refractivity contribution in [1.29, 1.82) is 0 Å². The van der Waals surface area contributed by atoms with Crippen LogP contribution in [-0.4, -0.2) is 4.57 Å². The predicted octanol–water partition coefficient (Wildman–Crippen LogP) is 11.0. The van der Waals surface area contributed by atoms with Gasteiger partial charge in [0.25, 0.3) is 0 Å². The lowest BCUT2D eigenvalue weighted by atomic mass is 9.70. The van der Waals surface area contributed by atoms with Crippen molar-refractivity contribution in [2.75, 3.05) is 0 Å². The molecule has 2 heterocycles. The highest BCUT2D eigenvalue weighted by atomic mass is 16.3. The minimum absolute atomic E-state index is 0.356. The standard InChI is InChI=1S/C43H25NO/c1-6-16-35-27(11-1)28-12-2-7-17-36(28)43(35)37-18-8-3-13-29(37)32-25-40-33(24-38(32)43)30-14-4-9-19-39(30)44(40)26-21-22-42-34(23-26)31-15-5-10-20-41(31)45-42/h1-25H. The summed E-state index contributed by atoms with van der Waals surface area (Å²) in [6, 6.07) is 55.8. The number of aromatic nitrogens is 1. The topological polar surface area (TPSA) is 18.1 Å². The van der Waals surface area contributed by atoms with Gasteiger partial charge in [0.1, 0.15) is 11.2 Å². The molecule has 2 aliphatic rings. The van der Waals surface area contributed by atoms with E-state index in [0.29, 0.717) is 0 Å². The fourth-order valence-corrected chi connectivity index (χ4v) is 8.69. The van der Waals surface area contributed by atoms with Gasteiger partial charge in [0.2, 0.25) is 0 Å². The Labute approximate surface area is 259 Å². The van der Waals surface area contributed by atoms with E-state index in [0.717, 1.165) is 27.6 Å². The number of hydrogen-bond donors (Lipinski definition) is 0. The Hall–Kier alpha value is -5.86. The minimum atomic E-state index is -0.356.